The van der Waals surface area contributed by atoms with Crippen LogP contribution in [-0.2, 0) is 11.3 Å². The number of carbonyl (C=O) groups excluding carboxylic acids is 1. The highest BCUT2D eigenvalue weighted by Crippen LogP contribution is 2.28. The number of benzene rings is 2. The summed E-state index contributed by atoms with van der Waals surface area (Å²) in [6, 6.07) is 13.2. The Labute approximate surface area is 276 Å². The molecule has 0 aliphatic heterocycles. The van der Waals surface area contributed by atoms with Crippen LogP contribution in [0.25, 0.3) is 5.70 Å². The van der Waals surface area contributed by atoms with Gasteiger partial charge in [0.05, 0.1) is 18.8 Å². The maximum atomic E-state index is 13.4. The lowest BCUT2D eigenvalue weighted by Crippen LogP contribution is -2.36. The Morgan fingerprint density at radius 3 is 2.09 bits per heavy atom. The number of halogens is 3. The fraction of sp³-hybridized carbons (Fsp3) is 0.429. The topological polar surface area (TPSA) is 111 Å². The van der Waals surface area contributed by atoms with Crippen LogP contribution in [0.5, 0.6) is 5.75 Å². The molecular weight excluding hydrogens is 616 g/mol. The number of aliphatic hydroxyl groups is 1. The van der Waals surface area contributed by atoms with Crippen molar-refractivity contribution in [3.05, 3.63) is 94.1 Å². The first-order chi connectivity index (χ1) is 21.6. The zero-order valence-electron chi connectivity index (χ0n) is 27.7. The number of hydrazine groups is 1. The van der Waals surface area contributed by atoms with Crippen molar-refractivity contribution in [2.75, 3.05) is 13.6 Å². The van der Waals surface area contributed by atoms with E-state index < -0.39 is 30.6 Å². The van der Waals surface area contributed by atoms with Gasteiger partial charge >= 0.3 is 12.1 Å². The Balaban J connectivity index is 0.00000338. The van der Waals surface area contributed by atoms with E-state index in [4.69, 9.17) is 21.4 Å². The van der Waals surface area contributed by atoms with Crippen LogP contribution in [0.1, 0.15) is 82.3 Å². The Kier molecular flexibility index (Phi) is 17.9. The smallest absolute Gasteiger partial charge is 0.394 e. The van der Waals surface area contributed by atoms with E-state index in [9.17, 15) is 23.5 Å². The fourth-order valence-corrected chi connectivity index (χ4v) is 4.06. The molecule has 2 rings (SSSR count). The van der Waals surface area contributed by atoms with Gasteiger partial charge in [-0.05, 0) is 80.1 Å². The molecule has 0 bridgehead atoms. The molecule has 0 radical (unpaired) electrons. The number of aliphatic carboxylic acids is 1. The van der Waals surface area contributed by atoms with E-state index in [1.165, 1.54) is 24.1 Å². The molecule has 46 heavy (non-hydrogen) atoms. The summed E-state index contributed by atoms with van der Waals surface area (Å²) in [6.45, 7) is 11.0. The van der Waals surface area contributed by atoms with Crippen molar-refractivity contribution in [3.8, 4) is 5.75 Å². The van der Waals surface area contributed by atoms with E-state index in [-0.39, 0.29) is 11.7 Å². The lowest BCUT2D eigenvalue weighted by Gasteiger charge is -2.28. The van der Waals surface area contributed by atoms with Crippen LogP contribution in [0.2, 0.25) is 0 Å². The number of amides is 1. The molecule has 254 valence electrons. The van der Waals surface area contributed by atoms with E-state index in [0.29, 0.717) is 25.5 Å². The van der Waals surface area contributed by atoms with Gasteiger partial charge in [0.25, 0.3) is 5.91 Å². The predicted octanol–water partition coefficient (Wildman–Crippen LogP) is 7.75. The molecule has 4 N–H and O–H groups in total. The van der Waals surface area contributed by atoms with Crippen molar-refractivity contribution in [3.63, 3.8) is 0 Å². The van der Waals surface area contributed by atoms with Gasteiger partial charge in [-0.1, -0.05) is 74.7 Å². The van der Waals surface area contributed by atoms with Crippen LogP contribution < -0.4 is 15.5 Å². The summed E-state index contributed by atoms with van der Waals surface area (Å²) in [4.78, 5) is 23.1. The third kappa shape index (κ3) is 15.5. The molecule has 2 aromatic rings. The molecule has 0 aliphatic rings. The molecule has 0 spiro atoms. The number of ether oxygens (including phenoxy) is 1. The Hall–Kier alpha value is -3.73. The minimum atomic E-state index is -3.30. The first-order valence-corrected chi connectivity index (χ1v) is 15.6. The largest absolute Gasteiger partial charge is 0.479 e. The van der Waals surface area contributed by atoms with Crippen LogP contribution in [0, 0.1) is 5.92 Å². The van der Waals surface area contributed by atoms with Crippen molar-refractivity contribution in [2.45, 2.75) is 79.6 Å². The van der Waals surface area contributed by atoms with Crippen molar-refractivity contribution < 1.29 is 33.3 Å². The average Bonchev–Trinajstić information content (AvgIpc) is 2.99. The van der Waals surface area contributed by atoms with Crippen LogP contribution in [0.15, 0.2) is 77.4 Å². The molecule has 8 nitrogen and oxygen atoms in total. The molecule has 2 atom stereocenters. The number of nitrogens with one attached hydrogen (secondary N) is 2. The minimum Gasteiger partial charge on any atom is -0.479 e. The Bertz CT molecular complexity index is 1320. The quantitative estimate of drug-likeness (QED) is 0.107. The molecule has 1 amide bonds. The van der Waals surface area contributed by atoms with Crippen LogP contribution in [0.4, 0.5) is 8.78 Å². The van der Waals surface area contributed by atoms with Crippen molar-refractivity contribution in [1.29, 1.82) is 0 Å². The Morgan fingerprint density at radius 1 is 1.02 bits per heavy atom. The van der Waals surface area contributed by atoms with Crippen LogP contribution in [-0.4, -0.2) is 52.9 Å². The number of hydrogen-bond donors (Lipinski definition) is 4. The monoisotopic (exact) mass is 663 g/mol. The van der Waals surface area contributed by atoms with Crippen LogP contribution >= 0.6 is 11.6 Å². The molecule has 0 saturated heterocycles. The van der Waals surface area contributed by atoms with Crippen molar-refractivity contribution >= 4 is 29.2 Å². The molecule has 2 unspecified atom stereocenters. The second-order valence-electron chi connectivity index (χ2n) is 10.9. The van der Waals surface area contributed by atoms with Crippen molar-refractivity contribution in [2.24, 2.45) is 5.92 Å². The Morgan fingerprint density at radius 2 is 1.59 bits per heavy atom. The molecule has 0 aromatic heterocycles. The van der Waals surface area contributed by atoms with Gasteiger partial charge in [0, 0.05) is 24.6 Å². The number of carboxylic acid groups (broad SMARTS) is 1. The molecule has 0 heterocycles. The van der Waals surface area contributed by atoms with E-state index in [1.54, 1.807) is 43.4 Å². The highest BCUT2D eigenvalue weighted by atomic mass is 35.5. The van der Waals surface area contributed by atoms with Gasteiger partial charge in [0.15, 0.2) is 6.10 Å². The molecule has 0 aliphatic carbocycles. The zero-order chi connectivity index (χ0) is 34.9. The second kappa shape index (κ2) is 20.4. The van der Waals surface area contributed by atoms with Gasteiger partial charge in [-0.2, -0.15) is 8.78 Å². The number of rotatable bonds is 16. The summed E-state index contributed by atoms with van der Waals surface area (Å²) in [5.74, 6) is -1.66. The zero-order valence-corrected chi connectivity index (χ0v) is 28.5. The molecule has 2 aromatic carbocycles. The van der Waals surface area contributed by atoms with Gasteiger partial charge in [-0.25, -0.2) is 10.2 Å². The number of hydrogen-bond acceptors (Lipinski definition) is 6. The van der Waals surface area contributed by atoms with Gasteiger partial charge in [-0.15, -0.1) is 0 Å². The number of carboxylic acids is 1. The lowest BCUT2D eigenvalue weighted by atomic mass is 9.96. The summed E-state index contributed by atoms with van der Waals surface area (Å²) in [6.07, 6.45) is 3.86. The second-order valence-corrected chi connectivity index (χ2v) is 11.5. The highest BCUT2D eigenvalue weighted by Gasteiger charge is 2.23. The molecule has 11 heteroatoms. The number of carbonyl (C=O) groups is 2. The average molecular weight is 664 g/mol. The molecule has 0 saturated carbocycles. The van der Waals surface area contributed by atoms with Gasteiger partial charge in [-0.3, -0.25) is 4.79 Å². The number of aliphatic hydroxyl groups excluding tert-OH is 1. The SMILES string of the molecule is CCC.CNN(Cc1ccc(C(=O)NCC(O)C(=O)O)cc1)/C(=C\CC(C)/C(C)=C/C/C=C(\C)Cl)c1ccc(OC(C)(F)F)cc1. The maximum Gasteiger partial charge on any atom is 0.394 e. The number of nitrogens with zero attached hydrogens (tertiary/aromatic N) is 1. The summed E-state index contributed by atoms with van der Waals surface area (Å²) in [5.41, 5.74) is 7.18. The summed E-state index contributed by atoms with van der Waals surface area (Å²) in [5, 5.41) is 23.2. The normalized spacial score (nSPS) is 13.7. The predicted molar refractivity (Wildman–Crippen MR) is 180 cm³/mol. The van der Waals surface area contributed by atoms with E-state index in [1.807, 2.05) is 18.0 Å². The molecular formula is C35H48ClF2N3O5. The summed E-state index contributed by atoms with van der Waals surface area (Å²) < 4.78 is 31.4. The van der Waals surface area contributed by atoms with E-state index >= 15 is 0 Å². The number of alkyl halides is 2. The van der Waals surface area contributed by atoms with Gasteiger partial charge in [0.1, 0.15) is 5.75 Å². The summed E-state index contributed by atoms with van der Waals surface area (Å²) >= 11 is 5.95. The first kappa shape index (κ1) is 40.3. The lowest BCUT2D eigenvalue weighted by molar-refractivity contribution is -0.159. The minimum absolute atomic E-state index is 0.0473. The first-order valence-electron chi connectivity index (χ1n) is 15.2. The standard InChI is InChI=1S/C32H40ClF2N3O5.C3H8/c1-21(7-6-8-23(3)33)22(2)9-18-28(25-14-16-27(17-15-25)43-32(4,34)35)38(36-5)20-24-10-12-26(13-11-24)30(40)37-19-29(39)31(41)42;1-3-2/h7-8,10-18,22,29,36,39H,6,9,19-20H2,1-5H3,(H,37,40)(H,41,42);3H2,1-2H3/b21-7+,23-8+,28-18-;. The third-order valence-corrected chi connectivity index (χ3v) is 6.74. The van der Waals surface area contributed by atoms with Gasteiger partial charge in [0.2, 0.25) is 0 Å². The van der Waals surface area contributed by atoms with Crippen molar-refractivity contribution in [1.82, 2.24) is 15.8 Å². The van der Waals surface area contributed by atoms with E-state index in [0.717, 1.165) is 28.3 Å². The molecule has 0 fully saturated rings. The fourth-order valence-electron chi connectivity index (χ4n) is 3.97. The third-order valence-electron chi connectivity index (χ3n) is 6.59. The van der Waals surface area contributed by atoms with E-state index in [2.05, 4.69) is 50.6 Å². The van der Waals surface area contributed by atoms with Crippen LogP contribution in [0.3, 0.4) is 0 Å². The number of allylic oxidation sites excluding steroid dienone is 5. The van der Waals surface area contributed by atoms with Gasteiger partial charge < -0.3 is 25.3 Å². The highest BCUT2D eigenvalue weighted by molar-refractivity contribution is 6.29. The maximum absolute atomic E-state index is 13.4. The summed E-state index contributed by atoms with van der Waals surface area (Å²) in [7, 11) is 1.77.